The lowest BCUT2D eigenvalue weighted by molar-refractivity contribution is -0.239. The highest BCUT2D eigenvalue weighted by atomic mass is 19.4. The third kappa shape index (κ3) is 3.92. The topological polar surface area (TPSA) is 26.3 Å². The fourth-order valence-corrected chi connectivity index (χ4v) is 2.85. The van der Waals surface area contributed by atoms with E-state index in [2.05, 4.69) is 6.92 Å². The van der Waals surface area contributed by atoms with Crippen molar-refractivity contribution in [3.05, 3.63) is 0 Å². The number of hydrogen-bond acceptors (Lipinski definition) is 2. The van der Waals surface area contributed by atoms with Crippen LogP contribution in [-0.4, -0.2) is 17.7 Å². The molecule has 0 bridgehead atoms. The van der Waals surface area contributed by atoms with Gasteiger partial charge in [-0.25, -0.2) is 0 Å². The first-order valence-corrected chi connectivity index (χ1v) is 7.74. The van der Waals surface area contributed by atoms with E-state index in [1.54, 1.807) is 13.8 Å². The lowest BCUT2D eigenvalue weighted by Gasteiger charge is -2.40. The summed E-state index contributed by atoms with van der Waals surface area (Å²) >= 11 is 0. The normalized spacial score (nSPS) is 27.0. The van der Waals surface area contributed by atoms with E-state index in [1.165, 1.54) is 6.92 Å². The van der Waals surface area contributed by atoms with Gasteiger partial charge >= 0.3 is 12.1 Å². The summed E-state index contributed by atoms with van der Waals surface area (Å²) in [5.41, 5.74) is -3.27. The van der Waals surface area contributed by atoms with Crippen molar-refractivity contribution in [2.75, 3.05) is 0 Å². The van der Waals surface area contributed by atoms with E-state index in [-0.39, 0.29) is 12.3 Å². The van der Waals surface area contributed by atoms with Crippen molar-refractivity contribution in [1.29, 1.82) is 0 Å². The van der Waals surface area contributed by atoms with Gasteiger partial charge in [-0.2, -0.15) is 13.2 Å². The molecule has 1 rings (SSSR count). The van der Waals surface area contributed by atoms with Crippen LogP contribution in [0.15, 0.2) is 0 Å². The molecule has 0 spiro atoms. The molecule has 21 heavy (non-hydrogen) atoms. The minimum atomic E-state index is -4.59. The molecule has 0 N–H and O–H groups in total. The van der Waals surface area contributed by atoms with E-state index in [0.29, 0.717) is 5.92 Å². The number of hydrogen-bond donors (Lipinski definition) is 0. The minimum Gasteiger partial charge on any atom is -0.459 e. The zero-order valence-corrected chi connectivity index (χ0v) is 13.6. The lowest BCUT2D eigenvalue weighted by atomic mass is 9.75. The number of rotatable bonds is 4. The average Bonchev–Trinajstić information content (AvgIpc) is 2.36. The molecule has 2 nitrogen and oxygen atoms in total. The maximum Gasteiger partial charge on any atom is 0.404 e. The first-order chi connectivity index (χ1) is 9.44. The molecule has 1 fully saturated rings. The molecule has 0 aromatic carbocycles. The summed E-state index contributed by atoms with van der Waals surface area (Å²) in [6.45, 7) is 7.93. The van der Waals surface area contributed by atoms with Gasteiger partial charge in [-0.3, -0.25) is 4.79 Å². The standard InChI is InChI=1S/C16H27F3O2/c1-6-15(5,16(17,18)19)13(20)21-14(3,4)12-9-7-11(2)8-10-12/h11-12H,6-10H2,1-5H3. The van der Waals surface area contributed by atoms with Crippen LogP contribution in [-0.2, 0) is 9.53 Å². The monoisotopic (exact) mass is 308 g/mol. The molecule has 1 aliphatic carbocycles. The maximum absolute atomic E-state index is 13.1. The van der Waals surface area contributed by atoms with E-state index in [9.17, 15) is 18.0 Å². The summed E-state index contributed by atoms with van der Waals surface area (Å²) in [6, 6.07) is 0. The summed E-state index contributed by atoms with van der Waals surface area (Å²) in [6.07, 6.45) is -1.03. The predicted octanol–water partition coefficient (Wildman–Crippen LogP) is 5.11. The molecule has 1 unspecified atom stereocenters. The smallest absolute Gasteiger partial charge is 0.404 e. The lowest BCUT2D eigenvalue weighted by Crippen LogP contribution is -2.48. The van der Waals surface area contributed by atoms with E-state index in [0.717, 1.165) is 32.6 Å². The van der Waals surface area contributed by atoms with Crippen LogP contribution >= 0.6 is 0 Å². The molecule has 1 atom stereocenters. The Labute approximate surface area is 125 Å². The van der Waals surface area contributed by atoms with Crippen LogP contribution in [0.25, 0.3) is 0 Å². The molecular weight excluding hydrogens is 281 g/mol. The Kier molecular flexibility index (Phi) is 5.38. The van der Waals surface area contributed by atoms with Crippen LogP contribution in [0.2, 0.25) is 0 Å². The third-order valence-corrected chi connectivity index (χ3v) is 5.14. The highest BCUT2D eigenvalue weighted by Gasteiger charge is 2.57. The molecule has 0 aromatic heterocycles. The maximum atomic E-state index is 13.1. The van der Waals surface area contributed by atoms with Gasteiger partial charge in [0, 0.05) is 0 Å². The zero-order valence-electron chi connectivity index (χ0n) is 13.6. The van der Waals surface area contributed by atoms with Crippen molar-refractivity contribution >= 4 is 5.97 Å². The van der Waals surface area contributed by atoms with Crippen LogP contribution in [0, 0.1) is 17.3 Å². The van der Waals surface area contributed by atoms with Gasteiger partial charge in [0.1, 0.15) is 5.60 Å². The Morgan fingerprint density at radius 3 is 1.95 bits per heavy atom. The summed E-state index contributed by atoms with van der Waals surface area (Å²) in [5, 5.41) is 0. The Hall–Kier alpha value is -0.740. The number of alkyl halides is 3. The Morgan fingerprint density at radius 2 is 1.57 bits per heavy atom. The summed E-state index contributed by atoms with van der Waals surface area (Å²) in [4.78, 5) is 12.1. The van der Waals surface area contributed by atoms with E-state index < -0.39 is 23.2 Å². The van der Waals surface area contributed by atoms with Crippen molar-refractivity contribution < 1.29 is 22.7 Å². The Bertz CT molecular complexity index is 368. The second kappa shape index (κ2) is 6.17. The van der Waals surface area contributed by atoms with Gasteiger partial charge < -0.3 is 4.74 Å². The molecule has 5 heteroatoms. The molecule has 1 aliphatic rings. The molecule has 0 aromatic rings. The van der Waals surface area contributed by atoms with Crippen LogP contribution in [0.4, 0.5) is 13.2 Å². The fraction of sp³-hybridized carbons (Fsp3) is 0.938. The predicted molar refractivity (Wildman–Crippen MR) is 75.7 cm³/mol. The van der Waals surface area contributed by atoms with Crippen molar-refractivity contribution in [2.45, 2.75) is 78.5 Å². The summed E-state index contributed by atoms with van der Waals surface area (Å²) < 4.78 is 44.7. The molecule has 0 saturated heterocycles. The van der Waals surface area contributed by atoms with Crippen LogP contribution in [0.1, 0.15) is 66.7 Å². The summed E-state index contributed by atoms with van der Waals surface area (Å²) in [5.74, 6) is -0.378. The first kappa shape index (κ1) is 18.3. The highest BCUT2D eigenvalue weighted by Crippen LogP contribution is 2.44. The number of carbonyl (C=O) groups excluding carboxylic acids is 1. The van der Waals surface area contributed by atoms with Gasteiger partial charge in [-0.05, 0) is 51.9 Å². The van der Waals surface area contributed by atoms with E-state index in [4.69, 9.17) is 4.74 Å². The number of ether oxygens (including phenoxy) is 1. The van der Waals surface area contributed by atoms with Crippen LogP contribution < -0.4 is 0 Å². The molecule has 0 amide bonds. The first-order valence-electron chi connectivity index (χ1n) is 7.74. The second-order valence-electron chi connectivity index (χ2n) is 7.13. The molecule has 0 aliphatic heterocycles. The Balaban J connectivity index is 2.80. The van der Waals surface area contributed by atoms with Crippen molar-refractivity contribution in [2.24, 2.45) is 17.3 Å². The summed E-state index contributed by atoms with van der Waals surface area (Å²) in [7, 11) is 0. The van der Waals surface area contributed by atoms with Crippen molar-refractivity contribution in [3.8, 4) is 0 Å². The van der Waals surface area contributed by atoms with Gasteiger partial charge in [-0.15, -0.1) is 0 Å². The largest absolute Gasteiger partial charge is 0.459 e. The highest BCUT2D eigenvalue weighted by molar-refractivity contribution is 5.77. The van der Waals surface area contributed by atoms with Gasteiger partial charge in [-0.1, -0.05) is 26.7 Å². The van der Waals surface area contributed by atoms with Crippen molar-refractivity contribution in [1.82, 2.24) is 0 Å². The SMILES string of the molecule is CCC(C)(C(=O)OC(C)(C)C1CCC(C)CC1)C(F)(F)F. The fourth-order valence-electron chi connectivity index (χ4n) is 2.85. The van der Waals surface area contributed by atoms with Gasteiger partial charge in [0.15, 0.2) is 5.41 Å². The van der Waals surface area contributed by atoms with Crippen LogP contribution in [0.3, 0.4) is 0 Å². The van der Waals surface area contributed by atoms with Crippen molar-refractivity contribution in [3.63, 3.8) is 0 Å². The molecular formula is C16H27F3O2. The molecule has 124 valence electrons. The zero-order chi connectivity index (χ0) is 16.5. The molecule has 0 heterocycles. The second-order valence-corrected chi connectivity index (χ2v) is 7.13. The third-order valence-electron chi connectivity index (χ3n) is 5.14. The number of esters is 1. The average molecular weight is 308 g/mol. The molecule has 1 saturated carbocycles. The number of halogens is 3. The minimum absolute atomic E-state index is 0.131. The van der Waals surface area contributed by atoms with Gasteiger partial charge in [0.25, 0.3) is 0 Å². The van der Waals surface area contributed by atoms with Crippen LogP contribution in [0.5, 0.6) is 0 Å². The van der Waals surface area contributed by atoms with E-state index in [1.807, 2.05) is 0 Å². The van der Waals surface area contributed by atoms with E-state index >= 15 is 0 Å². The quantitative estimate of drug-likeness (QED) is 0.674. The van der Waals surface area contributed by atoms with Gasteiger partial charge in [0.05, 0.1) is 0 Å². The Morgan fingerprint density at radius 1 is 1.10 bits per heavy atom. The van der Waals surface area contributed by atoms with Gasteiger partial charge in [0.2, 0.25) is 0 Å². The molecule has 0 radical (unpaired) electrons. The number of carbonyl (C=O) groups is 1.